The number of carbonyl (C=O) groups is 1. The smallest absolute Gasteiger partial charge is 0.293 e. The van der Waals surface area contributed by atoms with Crippen LogP contribution in [-0.2, 0) is 6.54 Å². The molecule has 0 atom stereocenters. The zero-order valence-electron chi connectivity index (χ0n) is 15.0. The molecule has 1 aliphatic rings. The number of nitro groups is 1. The monoisotopic (exact) mass is 391 g/mol. The second-order valence-corrected chi connectivity index (χ2v) is 7.13. The van der Waals surface area contributed by atoms with E-state index in [0.29, 0.717) is 5.69 Å². The molecule has 2 aromatic carbocycles. The standard InChI is InChI=1S/C19H19ClFN3O3/c1-22(2)17-9-6-12(10-18(17)24(26)27)19(25)23(13-7-8-13)11-14-15(20)4-3-5-16(14)21/h3-6,9-10,13H,7-8,11H2,1-2H3. The molecule has 1 amide bonds. The first-order valence-electron chi connectivity index (χ1n) is 8.49. The Balaban J connectivity index is 1.94. The molecule has 0 radical (unpaired) electrons. The van der Waals surface area contributed by atoms with Crippen molar-refractivity contribution in [2.24, 2.45) is 0 Å². The number of rotatable bonds is 6. The maximum Gasteiger partial charge on any atom is 0.293 e. The molecule has 2 aromatic rings. The molecule has 0 bridgehead atoms. The molecule has 142 valence electrons. The highest BCUT2D eigenvalue weighted by Crippen LogP contribution is 2.34. The first-order valence-corrected chi connectivity index (χ1v) is 8.87. The van der Waals surface area contributed by atoms with E-state index < -0.39 is 10.7 Å². The van der Waals surface area contributed by atoms with Gasteiger partial charge in [0.25, 0.3) is 11.6 Å². The third-order valence-electron chi connectivity index (χ3n) is 4.54. The van der Waals surface area contributed by atoms with E-state index >= 15 is 0 Å². The van der Waals surface area contributed by atoms with Crippen LogP contribution in [0.5, 0.6) is 0 Å². The van der Waals surface area contributed by atoms with Gasteiger partial charge in [-0.1, -0.05) is 17.7 Å². The molecule has 0 N–H and O–H groups in total. The summed E-state index contributed by atoms with van der Waals surface area (Å²) in [6, 6.07) is 8.75. The average molecular weight is 392 g/mol. The third-order valence-corrected chi connectivity index (χ3v) is 4.89. The summed E-state index contributed by atoms with van der Waals surface area (Å²) in [6.45, 7) is 0.0260. The van der Waals surface area contributed by atoms with Crippen LogP contribution < -0.4 is 4.90 Å². The van der Waals surface area contributed by atoms with E-state index in [1.807, 2.05) is 0 Å². The largest absolute Gasteiger partial charge is 0.372 e. The molecule has 0 unspecified atom stereocenters. The van der Waals surface area contributed by atoms with Gasteiger partial charge in [-0.15, -0.1) is 0 Å². The summed E-state index contributed by atoms with van der Waals surface area (Å²) < 4.78 is 14.2. The lowest BCUT2D eigenvalue weighted by molar-refractivity contribution is -0.384. The highest BCUT2D eigenvalue weighted by Gasteiger charge is 2.34. The van der Waals surface area contributed by atoms with Gasteiger partial charge < -0.3 is 9.80 Å². The van der Waals surface area contributed by atoms with Crippen LogP contribution in [0.15, 0.2) is 36.4 Å². The number of anilines is 1. The fourth-order valence-corrected chi connectivity index (χ4v) is 3.18. The first-order chi connectivity index (χ1) is 12.8. The number of hydrogen-bond donors (Lipinski definition) is 0. The Morgan fingerprint density at radius 2 is 2.00 bits per heavy atom. The number of carbonyl (C=O) groups excluding carboxylic acids is 1. The minimum absolute atomic E-state index is 0.0132. The quantitative estimate of drug-likeness (QED) is 0.545. The van der Waals surface area contributed by atoms with Crippen LogP contribution in [0, 0.1) is 15.9 Å². The lowest BCUT2D eigenvalue weighted by Gasteiger charge is -2.24. The van der Waals surface area contributed by atoms with E-state index in [4.69, 9.17) is 11.6 Å². The van der Waals surface area contributed by atoms with Crippen molar-refractivity contribution in [3.05, 3.63) is 68.5 Å². The lowest BCUT2D eigenvalue weighted by Crippen LogP contribution is -2.33. The zero-order valence-corrected chi connectivity index (χ0v) is 15.7. The van der Waals surface area contributed by atoms with E-state index in [1.54, 1.807) is 42.1 Å². The maximum atomic E-state index is 14.2. The van der Waals surface area contributed by atoms with Crippen LogP contribution in [0.4, 0.5) is 15.8 Å². The summed E-state index contributed by atoms with van der Waals surface area (Å²) >= 11 is 6.10. The second kappa shape index (κ2) is 7.52. The van der Waals surface area contributed by atoms with Crippen molar-refractivity contribution in [3.8, 4) is 0 Å². The van der Waals surface area contributed by atoms with Gasteiger partial charge >= 0.3 is 0 Å². The van der Waals surface area contributed by atoms with Gasteiger partial charge in [-0.25, -0.2) is 4.39 Å². The van der Waals surface area contributed by atoms with Crippen molar-refractivity contribution in [2.45, 2.75) is 25.4 Å². The molecule has 1 aliphatic carbocycles. The Labute approximate surface area is 161 Å². The van der Waals surface area contributed by atoms with E-state index in [-0.39, 0.29) is 40.3 Å². The molecule has 0 aliphatic heterocycles. The topological polar surface area (TPSA) is 66.7 Å². The van der Waals surface area contributed by atoms with Gasteiger partial charge in [-0.05, 0) is 37.1 Å². The molecule has 0 heterocycles. The number of hydrogen-bond acceptors (Lipinski definition) is 4. The van der Waals surface area contributed by atoms with Crippen molar-refractivity contribution >= 4 is 28.9 Å². The molecule has 1 saturated carbocycles. The molecule has 0 spiro atoms. The molecule has 1 fully saturated rings. The number of amides is 1. The minimum Gasteiger partial charge on any atom is -0.372 e. The van der Waals surface area contributed by atoms with Gasteiger partial charge in [0, 0.05) is 42.4 Å². The van der Waals surface area contributed by atoms with Crippen LogP contribution >= 0.6 is 11.6 Å². The molecule has 27 heavy (non-hydrogen) atoms. The Bertz CT molecular complexity index is 880. The van der Waals surface area contributed by atoms with Crippen LogP contribution in [0.1, 0.15) is 28.8 Å². The fraction of sp³-hybridized carbons (Fsp3) is 0.316. The van der Waals surface area contributed by atoms with Gasteiger partial charge in [0.1, 0.15) is 11.5 Å². The van der Waals surface area contributed by atoms with Crippen molar-refractivity contribution in [3.63, 3.8) is 0 Å². The number of halogens is 2. The Morgan fingerprint density at radius 3 is 2.56 bits per heavy atom. The Hall–Kier alpha value is -2.67. The highest BCUT2D eigenvalue weighted by molar-refractivity contribution is 6.31. The lowest BCUT2D eigenvalue weighted by atomic mass is 10.1. The van der Waals surface area contributed by atoms with Crippen molar-refractivity contribution in [2.75, 3.05) is 19.0 Å². The SMILES string of the molecule is CN(C)c1ccc(C(=O)N(Cc2c(F)cccc2Cl)C2CC2)cc1[N+](=O)[O-]. The minimum atomic E-state index is -0.513. The van der Waals surface area contributed by atoms with Crippen molar-refractivity contribution in [1.29, 1.82) is 0 Å². The highest BCUT2D eigenvalue weighted by atomic mass is 35.5. The summed E-state index contributed by atoms with van der Waals surface area (Å²) in [5, 5.41) is 11.6. The fourth-order valence-electron chi connectivity index (χ4n) is 2.95. The molecule has 0 aromatic heterocycles. The van der Waals surface area contributed by atoms with Crippen molar-refractivity contribution in [1.82, 2.24) is 4.90 Å². The summed E-state index contributed by atoms with van der Waals surface area (Å²) in [5.74, 6) is -0.847. The normalized spacial score (nSPS) is 13.3. The zero-order chi connectivity index (χ0) is 19.7. The predicted molar refractivity (Wildman–Crippen MR) is 102 cm³/mol. The third kappa shape index (κ3) is 4.03. The van der Waals surface area contributed by atoms with Gasteiger partial charge in [0.05, 0.1) is 11.5 Å². The predicted octanol–water partition coefficient (Wildman–Crippen LogP) is 4.26. The molecular weight excluding hydrogens is 373 g/mol. The van der Waals surface area contributed by atoms with E-state index in [2.05, 4.69) is 0 Å². The average Bonchev–Trinajstić information content (AvgIpc) is 3.45. The molecule has 8 heteroatoms. The maximum absolute atomic E-state index is 14.2. The molecule has 0 saturated heterocycles. The Morgan fingerprint density at radius 1 is 1.30 bits per heavy atom. The van der Waals surface area contributed by atoms with E-state index in [1.165, 1.54) is 18.2 Å². The number of nitrogens with zero attached hydrogens (tertiary/aromatic N) is 3. The second-order valence-electron chi connectivity index (χ2n) is 6.72. The van der Waals surface area contributed by atoms with Crippen LogP contribution in [0.3, 0.4) is 0 Å². The molecule has 6 nitrogen and oxygen atoms in total. The van der Waals surface area contributed by atoms with Crippen LogP contribution in [0.25, 0.3) is 0 Å². The number of nitro benzene ring substituents is 1. The molecular formula is C19H19ClFN3O3. The van der Waals surface area contributed by atoms with Gasteiger partial charge in [-0.2, -0.15) is 0 Å². The van der Waals surface area contributed by atoms with Crippen LogP contribution in [0.2, 0.25) is 5.02 Å². The molecule has 3 rings (SSSR count). The summed E-state index contributed by atoms with van der Waals surface area (Å²) in [5.41, 5.74) is 0.711. The number of benzene rings is 2. The summed E-state index contributed by atoms with van der Waals surface area (Å²) in [6.07, 6.45) is 1.63. The van der Waals surface area contributed by atoms with Gasteiger partial charge in [-0.3, -0.25) is 14.9 Å². The summed E-state index contributed by atoms with van der Waals surface area (Å²) in [4.78, 5) is 27.1. The van der Waals surface area contributed by atoms with E-state index in [9.17, 15) is 19.3 Å². The van der Waals surface area contributed by atoms with Crippen LogP contribution in [-0.4, -0.2) is 35.9 Å². The first kappa shape index (κ1) is 19.1. The van der Waals surface area contributed by atoms with Gasteiger partial charge in [0.2, 0.25) is 0 Å². The Kier molecular flexibility index (Phi) is 5.32. The van der Waals surface area contributed by atoms with E-state index in [0.717, 1.165) is 12.8 Å². The summed E-state index contributed by atoms with van der Waals surface area (Å²) in [7, 11) is 3.39. The van der Waals surface area contributed by atoms with Crippen molar-refractivity contribution < 1.29 is 14.1 Å². The van der Waals surface area contributed by atoms with Gasteiger partial charge in [0.15, 0.2) is 0 Å².